The molecular formula is C23H31N3O4. The normalized spacial score (nSPS) is 17.4. The molecule has 1 aliphatic heterocycles. The molecule has 0 radical (unpaired) electrons. The van der Waals surface area contributed by atoms with E-state index in [0.717, 1.165) is 53.5 Å². The molecule has 0 bridgehead atoms. The molecule has 0 spiro atoms. The van der Waals surface area contributed by atoms with E-state index < -0.39 is 0 Å². The van der Waals surface area contributed by atoms with Gasteiger partial charge in [0.05, 0.1) is 32.6 Å². The molecular weight excluding hydrogens is 382 g/mol. The molecule has 1 saturated carbocycles. The molecule has 7 nitrogen and oxygen atoms in total. The fourth-order valence-electron chi connectivity index (χ4n) is 4.67. The topological polar surface area (TPSA) is 76.7 Å². The van der Waals surface area contributed by atoms with Crippen molar-refractivity contribution in [3.63, 3.8) is 0 Å². The van der Waals surface area contributed by atoms with Gasteiger partial charge in [0.25, 0.3) is 5.56 Å². The van der Waals surface area contributed by atoms with Crippen molar-refractivity contribution in [1.82, 2.24) is 14.9 Å². The van der Waals surface area contributed by atoms with Crippen LogP contribution in [0.3, 0.4) is 0 Å². The third-order valence-corrected chi connectivity index (χ3v) is 6.36. The Bertz CT molecular complexity index is 925. The lowest BCUT2D eigenvalue weighted by Crippen LogP contribution is -2.36. The minimum atomic E-state index is 0.0415. The molecule has 1 aromatic carbocycles. The number of hydrogen-bond donors (Lipinski definition) is 1. The van der Waals surface area contributed by atoms with Gasteiger partial charge in [-0.3, -0.25) is 9.69 Å². The maximum absolute atomic E-state index is 12.7. The summed E-state index contributed by atoms with van der Waals surface area (Å²) in [4.78, 5) is 23.0. The van der Waals surface area contributed by atoms with Crippen LogP contribution in [0.25, 0.3) is 0 Å². The van der Waals surface area contributed by atoms with E-state index in [0.29, 0.717) is 31.2 Å². The molecule has 0 unspecified atom stereocenters. The Morgan fingerprint density at radius 3 is 2.40 bits per heavy atom. The average molecular weight is 414 g/mol. The van der Waals surface area contributed by atoms with E-state index in [4.69, 9.17) is 19.2 Å². The largest absolute Gasteiger partial charge is 0.496 e. The molecule has 2 aromatic rings. The zero-order valence-electron chi connectivity index (χ0n) is 18.1. The smallest absolute Gasteiger partial charge is 0.254 e. The summed E-state index contributed by atoms with van der Waals surface area (Å²) in [5.74, 6) is 3.42. The number of H-pyrrole nitrogens is 1. The fourth-order valence-corrected chi connectivity index (χ4v) is 4.67. The van der Waals surface area contributed by atoms with Crippen LogP contribution in [0.15, 0.2) is 16.9 Å². The summed E-state index contributed by atoms with van der Waals surface area (Å²) < 4.78 is 16.6. The van der Waals surface area contributed by atoms with E-state index in [9.17, 15) is 4.79 Å². The standard InChI is InChI=1S/C23H31N3O4/c1-28-16-11-20(29-2)18(21(12-16)30-3)13-26-10-9-17-19(14-26)24-22(25-23(17)27)15-7-5-4-6-8-15/h11-12,15H,4-10,13-14H2,1-3H3,(H,24,25,27). The Balaban J connectivity index is 1.59. The van der Waals surface area contributed by atoms with Crippen LogP contribution in [0.1, 0.15) is 60.7 Å². The summed E-state index contributed by atoms with van der Waals surface area (Å²) in [5, 5.41) is 0. The van der Waals surface area contributed by atoms with Crippen molar-refractivity contribution >= 4 is 0 Å². The number of nitrogens with zero attached hydrogens (tertiary/aromatic N) is 2. The van der Waals surface area contributed by atoms with Gasteiger partial charge in [0, 0.05) is 43.2 Å². The Morgan fingerprint density at radius 1 is 1.07 bits per heavy atom. The summed E-state index contributed by atoms with van der Waals surface area (Å²) >= 11 is 0. The third kappa shape index (κ3) is 4.17. The fraction of sp³-hybridized carbons (Fsp3) is 0.565. The van der Waals surface area contributed by atoms with Crippen LogP contribution in [0.5, 0.6) is 17.2 Å². The number of aromatic nitrogens is 2. The molecule has 0 atom stereocenters. The molecule has 0 amide bonds. The highest BCUT2D eigenvalue weighted by molar-refractivity contribution is 5.50. The van der Waals surface area contributed by atoms with Gasteiger partial charge in [-0.2, -0.15) is 0 Å². The summed E-state index contributed by atoms with van der Waals surface area (Å²) in [6.07, 6.45) is 6.65. The molecule has 1 aliphatic carbocycles. The summed E-state index contributed by atoms with van der Waals surface area (Å²) in [6, 6.07) is 3.75. The van der Waals surface area contributed by atoms with Gasteiger partial charge < -0.3 is 19.2 Å². The highest BCUT2D eigenvalue weighted by atomic mass is 16.5. The van der Waals surface area contributed by atoms with Crippen LogP contribution in [0, 0.1) is 0 Å². The van der Waals surface area contributed by atoms with Crippen LogP contribution in [0.4, 0.5) is 0 Å². The average Bonchev–Trinajstić information content (AvgIpc) is 2.79. The van der Waals surface area contributed by atoms with Gasteiger partial charge in [0.1, 0.15) is 23.1 Å². The first kappa shape index (κ1) is 20.7. The number of rotatable bonds is 6. The van der Waals surface area contributed by atoms with Crippen molar-refractivity contribution in [2.45, 2.75) is 57.5 Å². The van der Waals surface area contributed by atoms with Crippen molar-refractivity contribution in [1.29, 1.82) is 0 Å². The second kappa shape index (κ2) is 9.08. The number of hydrogen-bond acceptors (Lipinski definition) is 6. The first-order valence-electron chi connectivity index (χ1n) is 10.8. The number of nitrogens with one attached hydrogen (secondary N) is 1. The number of methoxy groups -OCH3 is 3. The molecule has 2 heterocycles. The van der Waals surface area contributed by atoms with E-state index in [1.54, 1.807) is 21.3 Å². The number of fused-ring (bicyclic) bond motifs is 1. The third-order valence-electron chi connectivity index (χ3n) is 6.36. The van der Waals surface area contributed by atoms with Crippen molar-refractivity contribution in [3.8, 4) is 17.2 Å². The van der Waals surface area contributed by atoms with Gasteiger partial charge >= 0.3 is 0 Å². The molecule has 1 aromatic heterocycles. The number of aromatic amines is 1. The molecule has 162 valence electrons. The van der Waals surface area contributed by atoms with Gasteiger partial charge in [0.15, 0.2) is 0 Å². The van der Waals surface area contributed by atoms with Crippen molar-refractivity contribution in [3.05, 3.63) is 45.1 Å². The second-order valence-electron chi connectivity index (χ2n) is 8.18. The van der Waals surface area contributed by atoms with Gasteiger partial charge in [-0.15, -0.1) is 0 Å². The highest BCUT2D eigenvalue weighted by Gasteiger charge is 2.26. The first-order valence-corrected chi connectivity index (χ1v) is 10.8. The lowest BCUT2D eigenvalue weighted by Gasteiger charge is -2.30. The monoisotopic (exact) mass is 413 g/mol. The van der Waals surface area contributed by atoms with Crippen LogP contribution < -0.4 is 19.8 Å². The molecule has 1 N–H and O–H groups in total. The lowest BCUT2D eigenvalue weighted by molar-refractivity contribution is 0.231. The molecule has 1 fully saturated rings. The number of benzene rings is 1. The predicted molar refractivity (Wildman–Crippen MR) is 115 cm³/mol. The first-order chi connectivity index (χ1) is 14.6. The lowest BCUT2D eigenvalue weighted by atomic mass is 9.88. The van der Waals surface area contributed by atoms with Crippen molar-refractivity contribution in [2.24, 2.45) is 0 Å². The van der Waals surface area contributed by atoms with E-state index in [1.807, 2.05) is 12.1 Å². The quantitative estimate of drug-likeness (QED) is 0.782. The summed E-state index contributed by atoms with van der Waals surface area (Å²) in [6.45, 7) is 2.10. The van der Waals surface area contributed by atoms with Gasteiger partial charge in [0.2, 0.25) is 0 Å². The summed E-state index contributed by atoms with van der Waals surface area (Å²) in [5.41, 5.74) is 2.76. The van der Waals surface area contributed by atoms with Crippen molar-refractivity contribution < 1.29 is 14.2 Å². The number of ether oxygens (including phenoxy) is 3. The second-order valence-corrected chi connectivity index (χ2v) is 8.18. The van der Waals surface area contributed by atoms with Crippen LogP contribution in [0.2, 0.25) is 0 Å². The molecule has 4 rings (SSSR count). The van der Waals surface area contributed by atoms with E-state index >= 15 is 0 Å². The maximum atomic E-state index is 12.7. The molecule has 2 aliphatic rings. The Hall–Kier alpha value is -2.54. The summed E-state index contributed by atoms with van der Waals surface area (Å²) in [7, 11) is 4.93. The molecule has 7 heteroatoms. The maximum Gasteiger partial charge on any atom is 0.254 e. The van der Waals surface area contributed by atoms with Gasteiger partial charge in [-0.1, -0.05) is 19.3 Å². The SMILES string of the molecule is COc1cc(OC)c(CN2CCc3c(nc(C4CCCCC4)[nH]c3=O)C2)c(OC)c1. The van der Waals surface area contributed by atoms with Crippen molar-refractivity contribution in [2.75, 3.05) is 27.9 Å². The van der Waals surface area contributed by atoms with Gasteiger partial charge in [-0.25, -0.2) is 4.98 Å². The van der Waals surface area contributed by atoms with Crippen LogP contribution in [-0.4, -0.2) is 42.7 Å². The molecule has 30 heavy (non-hydrogen) atoms. The predicted octanol–water partition coefficient (Wildman–Crippen LogP) is 3.40. The zero-order chi connectivity index (χ0) is 21.1. The van der Waals surface area contributed by atoms with E-state index in [2.05, 4.69) is 9.88 Å². The highest BCUT2D eigenvalue weighted by Crippen LogP contribution is 2.36. The van der Waals surface area contributed by atoms with Gasteiger partial charge in [-0.05, 0) is 19.3 Å². The van der Waals surface area contributed by atoms with Crippen LogP contribution >= 0.6 is 0 Å². The van der Waals surface area contributed by atoms with E-state index in [-0.39, 0.29) is 5.56 Å². The Kier molecular flexibility index (Phi) is 6.27. The zero-order valence-corrected chi connectivity index (χ0v) is 18.1. The Morgan fingerprint density at radius 2 is 1.77 bits per heavy atom. The van der Waals surface area contributed by atoms with Crippen LogP contribution in [-0.2, 0) is 19.5 Å². The van der Waals surface area contributed by atoms with E-state index in [1.165, 1.54) is 19.3 Å². The minimum Gasteiger partial charge on any atom is -0.496 e. The Labute approximate surface area is 177 Å². The minimum absolute atomic E-state index is 0.0415. The molecule has 0 saturated heterocycles.